The van der Waals surface area contributed by atoms with Gasteiger partial charge in [0.2, 0.25) is 0 Å². The lowest BCUT2D eigenvalue weighted by Crippen LogP contribution is -2.40. The minimum atomic E-state index is 0.00536. The molecule has 1 atom stereocenters. The normalized spacial score (nSPS) is 15.2. The monoisotopic (exact) mass is 474 g/mol. The van der Waals surface area contributed by atoms with Crippen LogP contribution in [0.3, 0.4) is 0 Å². The Hall–Kier alpha value is -2.62. The molecule has 0 heterocycles. The molecule has 0 spiro atoms. The zero-order valence-electron chi connectivity index (χ0n) is 20.1. The average Bonchev–Trinajstić information content (AvgIpc) is 2.88. The number of nitrogens with one attached hydrogen (secondary N) is 1. The highest BCUT2D eigenvalue weighted by atomic mass is 35.5. The van der Waals surface area contributed by atoms with E-state index >= 15 is 0 Å². The third-order valence-electron chi connectivity index (χ3n) is 6.81. The zero-order chi connectivity index (χ0) is 23.8. The summed E-state index contributed by atoms with van der Waals surface area (Å²) in [4.78, 5) is 15.2. The van der Waals surface area contributed by atoms with E-state index in [9.17, 15) is 4.79 Å². The van der Waals surface area contributed by atoms with Crippen LogP contribution in [-0.2, 0) is 12.8 Å². The molecule has 4 heteroatoms. The molecule has 0 radical (unpaired) electrons. The molecular formula is C30H35ClN2O. The van der Waals surface area contributed by atoms with E-state index in [1.165, 1.54) is 17.5 Å². The van der Waals surface area contributed by atoms with Crippen LogP contribution in [0, 0.1) is 0 Å². The maximum atomic E-state index is 12.6. The lowest BCUT2D eigenvalue weighted by Gasteiger charge is -2.35. The van der Waals surface area contributed by atoms with Gasteiger partial charge in [0.25, 0.3) is 5.91 Å². The SMILES string of the molecule is CCCN(CCCCNC(=O)c1ccc(-c2ccccc2)cc1)[C@@H]1CCc2ccc(Cl)cc2C1. The Labute approximate surface area is 209 Å². The number of unbranched alkanes of at least 4 members (excludes halogenated alkanes) is 1. The van der Waals surface area contributed by atoms with Crippen LogP contribution in [0.15, 0.2) is 72.8 Å². The highest BCUT2D eigenvalue weighted by Gasteiger charge is 2.23. The number of hydrogen-bond donors (Lipinski definition) is 1. The number of amides is 1. The lowest BCUT2D eigenvalue weighted by atomic mass is 9.87. The van der Waals surface area contributed by atoms with Crippen LogP contribution in [0.2, 0.25) is 5.02 Å². The number of nitrogens with zero attached hydrogens (tertiary/aromatic N) is 1. The maximum absolute atomic E-state index is 12.6. The van der Waals surface area contributed by atoms with Gasteiger partial charge in [-0.3, -0.25) is 4.79 Å². The summed E-state index contributed by atoms with van der Waals surface area (Å²) in [5.41, 5.74) is 5.87. The first-order chi connectivity index (χ1) is 16.6. The van der Waals surface area contributed by atoms with E-state index < -0.39 is 0 Å². The molecule has 1 N–H and O–H groups in total. The number of carbonyl (C=O) groups is 1. The largest absolute Gasteiger partial charge is 0.352 e. The Balaban J connectivity index is 1.22. The Kier molecular flexibility index (Phi) is 8.79. The summed E-state index contributed by atoms with van der Waals surface area (Å²) in [5.74, 6) is 0.00536. The number of fused-ring (bicyclic) bond motifs is 1. The van der Waals surface area contributed by atoms with E-state index in [0.717, 1.165) is 61.3 Å². The minimum absolute atomic E-state index is 0.00536. The molecule has 0 fully saturated rings. The van der Waals surface area contributed by atoms with Crippen molar-refractivity contribution in [1.82, 2.24) is 10.2 Å². The number of rotatable bonds is 10. The van der Waals surface area contributed by atoms with E-state index in [-0.39, 0.29) is 5.91 Å². The first-order valence-corrected chi connectivity index (χ1v) is 13.0. The molecular weight excluding hydrogens is 440 g/mol. The fourth-order valence-electron chi connectivity index (χ4n) is 4.97. The molecule has 0 aromatic heterocycles. The molecule has 1 aliphatic carbocycles. The molecule has 0 unspecified atom stereocenters. The van der Waals surface area contributed by atoms with Crippen molar-refractivity contribution in [2.75, 3.05) is 19.6 Å². The molecule has 0 aliphatic heterocycles. The highest BCUT2D eigenvalue weighted by Crippen LogP contribution is 2.27. The van der Waals surface area contributed by atoms with Crippen molar-refractivity contribution in [2.24, 2.45) is 0 Å². The van der Waals surface area contributed by atoms with Gasteiger partial charge in [0.1, 0.15) is 0 Å². The standard InChI is InChI=1S/C30H35ClN2O/c1-2-19-33(29-17-15-25-14-16-28(31)21-27(25)22-29)20-7-6-18-32-30(34)26-12-10-24(11-13-26)23-8-4-3-5-9-23/h3-5,8-14,16,21,29H,2,6-7,15,17-20,22H2,1H3,(H,32,34)/t29-/m1/s1. The van der Waals surface area contributed by atoms with Gasteiger partial charge >= 0.3 is 0 Å². The third kappa shape index (κ3) is 6.49. The van der Waals surface area contributed by atoms with E-state index in [1.807, 2.05) is 48.5 Å². The summed E-state index contributed by atoms with van der Waals surface area (Å²) >= 11 is 6.24. The summed E-state index contributed by atoms with van der Waals surface area (Å²) in [7, 11) is 0. The molecule has 0 saturated heterocycles. The zero-order valence-corrected chi connectivity index (χ0v) is 20.9. The van der Waals surface area contributed by atoms with Crippen molar-refractivity contribution in [3.05, 3.63) is 94.5 Å². The van der Waals surface area contributed by atoms with Crippen molar-refractivity contribution in [2.45, 2.75) is 51.5 Å². The first-order valence-electron chi connectivity index (χ1n) is 12.6. The Bertz CT molecular complexity index is 1060. The first kappa shape index (κ1) is 24.5. The van der Waals surface area contributed by atoms with Crippen LogP contribution >= 0.6 is 11.6 Å². The highest BCUT2D eigenvalue weighted by molar-refractivity contribution is 6.30. The smallest absolute Gasteiger partial charge is 0.251 e. The maximum Gasteiger partial charge on any atom is 0.251 e. The Morgan fingerprint density at radius 1 is 0.941 bits per heavy atom. The number of aryl methyl sites for hydroxylation is 1. The van der Waals surface area contributed by atoms with Gasteiger partial charge in [-0.15, -0.1) is 0 Å². The van der Waals surface area contributed by atoms with Gasteiger partial charge < -0.3 is 10.2 Å². The molecule has 1 aliphatic rings. The van der Waals surface area contributed by atoms with Gasteiger partial charge in [-0.1, -0.05) is 67.1 Å². The molecule has 3 nitrogen and oxygen atoms in total. The second-order valence-corrected chi connectivity index (χ2v) is 9.69. The van der Waals surface area contributed by atoms with Crippen molar-refractivity contribution < 1.29 is 4.79 Å². The van der Waals surface area contributed by atoms with Crippen LogP contribution in [0.5, 0.6) is 0 Å². The van der Waals surface area contributed by atoms with Crippen LogP contribution in [-0.4, -0.2) is 36.5 Å². The summed E-state index contributed by atoms with van der Waals surface area (Å²) in [5, 5.41) is 3.93. The molecule has 0 bridgehead atoms. The van der Waals surface area contributed by atoms with E-state index in [0.29, 0.717) is 18.2 Å². The second-order valence-electron chi connectivity index (χ2n) is 9.25. The summed E-state index contributed by atoms with van der Waals surface area (Å²) in [6.07, 6.45) is 6.68. The van der Waals surface area contributed by atoms with Crippen molar-refractivity contribution in [3.8, 4) is 11.1 Å². The fraction of sp³-hybridized carbons (Fsp3) is 0.367. The quantitative estimate of drug-likeness (QED) is 0.328. The van der Waals surface area contributed by atoms with Gasteiger partial charge in [0.15, 0.2) is 0 Å². The molecule has 3 aromatic rings. The summed E-state index contributed by atoms with van der Waals surface area (Å²) < 4.78 is 0. The average molecular weight is 475 g/mol. The lowest BCUT2D eigenvalue weighted by molar-refractivity contribution is 0.0952. The van der Waals surface area contributed by atoms with Crippen LogP contribution < -0.4 is 5.32 Å². The van der Waals surface area contributed by atoms with Crippen molar-refractivity contribution >= 4 is 17.5 Å². The second kappa shape index (κ2) is 12.2. The predicted molar refractivity (Wildman–Crippen MR) is 143 cm³/mol. The van der Waals surface area contributed by atoms with Gasteiger partial charge in [-0.25, -0.2) is 0 Å². The van der Waals surface area contributed by atoms with E-state index in [1.54, 1.807) is 0 Å². The molecule has 4 rings (SSSR count). The number of halogens is 1. The number of benzene rings is 3. The van der Waals surface area contributed by atoms with Gasteiger partial charge in [0.05, 0.1) is 0 Å². The number of carbonyl (C=O) groups excluding carboxylic acids is 1. The molecule has 178 valence electrons. The van der Waals surface area contributed by atoms with Crippen molar-refractivity contribution in [3.63, 3.8) is 0 Å². The molecule has 34 heavy (non-hydrogen) atoms. The Morgan fingerprint density at radius 2 is 1.71 bits per heavy atom. The molecule has 1 amide bonds. The van der Waals surface area contributed by atoms with Gasteiger partial charge in [-0.2, -0.15) is 0 Å². The van der Waals surface area contributed by atoms with E-state index in [4.69, 9.17) is 11.6 Å². The van der Waals surface area contributed by atoms with E-state index in [2.05, 4.69) is 41.4 Å². The van der Waals surface area contributed by atoms with Gasteiger partial charge in [0, 0.05) is 23.2 Å². The third-order valence-corrected chi connectivity index (χ3v) is 7.04. The summed E-state index contributed by atoms with van der Waals surface area (Å²) in [6.45, 7) is 5.17. The Morgan fingerprint density at radius 3 is 2.47 bits per heavy atom. The predicted octanol–water partition coefficient (Wildman–Crippen LogP) is 6.79. The van der Waals surface area contributed by atoms with Crippen LogP contribution in [0.4, 0.5) is 0 Å². The van der Waals surface area contributed by atoms with Crippen LogP contribution in [0.1, 0.15) is 54.1 Å². The molecule has 3 aromatic carbocycles. The topological polar surface area (TPSA) is 32.3 Å². The van der Waals surface area contributed by atoms with Gasteiger partial charge in [-0.05, 0) is 98.1 Å². The van der Waals surface area contributed by atoms with Crippen LogP contribution in [0.25, 0.3) is 11.1 Å². The van der Waals surface area contributed by atoms with Crippen molar-refractivity contribution in [1.29, 1.82) is 0 Å². The minimum Gasteiger partial charge on any atom is -0.352 e. The fourth-order valence-corrected chi connectivity index (χ4v) is 5.17. The summed E-state index contributed by atoms with van der Waals surface area (Å²) in [6, 6.07) is 25.0. The number of hydrogen-bond acceptors (Lipinski definition) is 2. The molecule has 0 saturated carbocycles.